The largest absolute Gasteiger partial charge is 0.363 e. The maximum absolute atomic E-state index is 12.2. The van der Waals surface area contributed by atoms with E-state index in [0.29, 0.717) is 12.1 Å². The lowest BCUT2D eigenvalue weighted by Crippen LogP contribution is -2.47. The lowest BCUT2D eigenvalue weighted by molar-refractivity contribution is -0.133. The molecule has 0 spiro atoms. The molecule has 1 saturated heterocycles. The first-order valence-corrected chi connectivity index (χ1v) is 7.18. The minimum absolute atomic E-state index is 0.0149. The topological polar surface area (TPSA) is 106 Å². The van der Waals surface area contributed by atoms with E-state index in [2.05, 4.69) is 29.2 Å². The molecule has 0 atom stereocenters. The fraction of sp³-hybridized carbons (Fsp3) is 0.692. The molecule has 1 aromatic heterocycles. The summed E-state index contributed by atoms with van der Waals surface area (Å²) >= 11 is 0. The number of nitrogens with two attached hydrogens (primary N) is 1. The SMILES string of the molecule is CC(C)NC1CCN(C(=O)Cn2cnc(C(N)=O)n2)CC1. The molecule has 2 heterocycles. The third kappa shape index (κ3) is 4.25. The van der Waals surface area contributed by atoms with Crippen molar-refractivity contribution in [2.45, 2.75) is 45.3 Å². The van der Waals surface area contributed by atoms with Crippen LogP contribution in [0.1, 0.15) is 37.3 Å². The fourth-order valence-electron chi connectivity index (χ4n) is 2.49. The molecule has 0 unspecified atom stereocenters. The van der Waals surface area contributed by atoms with Crippen LogP contribution in [0.3, 0.4) is 0 Å². The van der Waals surface area contributed by atoms with Crippen LogP contribution in [-0.2, 0) is 11.3 Å². The Hall–Kier alpha value is -1.96. The lowest BCUT2D eigenvalue weighted by Gasteiger charge is -2.33. The minimum Gasteiger partial charge on any atom is -0.363 e. The summed E-state index contributed by atoms with van der Waals surface area (Å²) in [6, 6.07) is 0.932. The van der Waals surface area contributed by atoms with Crippen LogP contribution in [-0.4, -0.2) is 56.7 Å². The van der Waals surface area contributed by atoms with Gasteiger partial charge < -0.3 is 16.0 Å². The second kappa shape index (κ2) is 6.66. The Bertz CT molecular complexity index is 505. The van der Waals surface area contributed by atoms with E-state index in [1.54, 1.807) is 0 Å². The van der Waals surface area contributed by atoms with Gasteiger partial charge in [0.2, 0.25) is 11.7 Å². The first-order chi connectivity index (χ1) is 9.95. The number of primary amides is 1. The van der Waals surface area contributed by atoms with Gasteiger partial charge in [-0.2, -0.15) is 0 Å². The number of piperidine rings is 1. The molecule has 1 fully saturated rings. The Morgan fingerprint density at radius 3 is 2.62 bits per heavy atom. The number of likely N-dealkylation sites (tertiary alicyclic amines) is 1. The summed E-state index contributed by atoms with van der Waals surface area (Å²) in [5.74, 6) is -0.775. The van der Waals surface area contributed by atoms with Crippen LogP contribution in [0.5, 0.6) is 0 Å². The first-order valence-electron chi connectivity index (χ1n) is 7.18. The van der Waals surface area contributed by atoms with E-state index in [0.717, 1.165) is 25.9 Å². The molecule has 3 N–H and O–H groups in total. The van der Waals surface area contributed by atoms with Crippen molar-refractivity contribution in [2.75, 3.05) is 13.1 Å². The molecular formula is C13H22N6O2. The molecule has 2 rings (SSSR count). The van der Waals surface area contributed by atoms with Gasteiger partial charge >= 0.3 is 0 Å². The van der Waals surface area contributed by atoms with Crippen LogP contribution >= 0.6 is 0 Å². The lowest BCUT2D eigenvalue weighted by atomic mass is 10.0. The van der Waals surface area contributed by atoms with Crippen LogP contribution in [0.25, 0.3) is 0 Å². The van der Waals surface area contributed by atoms with Gasteiger partial charge in [-0.05, 0) is 12.8 Å². The van der Waals surface area contributed by atoms with E-state index >= 15 is 0 Å². The van der Waals surface area contributed by atoms with E-state index < -0.39 is 5.91 Å². The van der Waals surface area contributed by atoms with Gasteiger partial charge in [0.05, 0.1) is 0 Å². The smallest absolute Gasteiger partial charge is 0.288 e. The zero-order valence-electron chi connectivity index (χ0n) is 12.5. The molecule has 1 aromatic rings. The molecule has 0 bridgehead atoms. The number of hydrogen-bond acceptors (Lipinski definition) is 5. The molecule has 0 saturated carbocycles. The number of nitrogens with one attached hydrogen (secondary N) is 1. The highest BCUT2D eigenvalue weighted by Gasteiger charge is 2.23. The average Bonchev–Trinajstić information content (AvgIpc) is 2.87. The van der Waals surface area contributed by atoms with E-state index in [1.165, 1.54) is 11.0 Å². The standard InChI is InChI=1S/C13H22N6O2/c1-9(2)16-10-3-5-18(6-4-10)11(20)7-19-8-15-13(17-19)12(14)21/h8-10,16H,3-7H2,1-2H3,(H2,14,21). The molecule has 21 heavy (non-hydrogen) atoms. The molecule has 0 aromatic carbocycles. The normalized spacial score (nSPS) is 16.4. The van der Waals surface area contributed by atoms with Crippen LogP contribution in [0, 0.1) is 0 Å². The van der Waals surface area contributed by atoms with E-state index in [-0.39, 0.29) is 18.3 Å². The summed E-state index contributed by atoms with van der Waals surface area (Å²) in [5.41, 5.74) is 5.08. The second-order valence-corrected chi connectivity index (χ2v) is 5.61. The number of nitrogens with zero attached hydrogens (tertiary/aromatic N) is 4. The van der Waals surface area contributed by atoms with Gasteiger partial charge in [-0.1, -0.05) is 13.8 Å². The number of rotatable bonds is 5. The van der Waals surface area contributed by atoms with Crippen molar-refractivity contribution in [3.8, 4) is 0 Å². The summed E-state index contributed by atoms with van der Waals surface area (Å²) in [4.78, 5) is 28.7. The molecule has 1 aliphatic heterocycles. The molecular weight excluding hydrogens is 272 g/mol. The molecule has 2 amide bonds. The fourth-order valence-corrected chi connectivity index (χ4v) is 2.49. The first kappa shape index (κ1) is 15.4. The number of hydrogen-bond donors (Lipinski definition) is 2. The van der Waals surface area contributed by atoms with Crippen molar-refractivity contribution in [2.24, 2.45) is 5.73 Å². The summed E-state index contributed by atoms with van der Waals surface area (Å²) in [6.07, 6.45) is 3.26. The Kier molecular flexibility index (Phi) is 4.89. The summed E-state index contributed by atoms with van der Waals surface area (Å²) in [5, 5.41) is 7.36. The average molecular weight is 294 g/mol. The summed E-state index contributed by atoms with van der Waals surface area (Å²) < 4.78 is 1.35. The van der Waals surface area contributed by atoms with Crippen molar-refractivity contribution in [3.63, 3.8) is 0 Å². The Morgan fingerprint density at radius 1 is 1.43 bits per heavy atom. The maximum Gasteiger partial charge on any atom is 0.288 e. The monoisotopic (exact) mass is 294 g/mol. The Balaban J connectivity index is 1.83. The van der Waals surface area contributed by atoms with Gasteiger partial charge in [0.1, 0.15) is 12.9 Å². The number of amides is 2. The van der Waals surface area contributed by atoms with Gasteiger partial charge in [-0.15, -0.1) is 5.10 Å². The maximum atomic E-state index is 12.2. The van der Waals surface area contributed by atoms with Crippen LogP contribution < -0.4 is 11.1 Å². The Labute approximate surface area is 123 Å². The van der Waals surface area contributed by atoms with Crippen molar-refractivity contribution in [3.05, 3.63) is 12.2 Å². The van der Waals surface area contributed by atoms with Crippen molar-refractivity contribution in [1.82, 2.24) is 25.0 Å². The minimum atomic E-state index is -0.693. The zero-order valence-corrected chi connectivity index (χ0v) is 12.5. The third-order valence-corrected chi connectivity index (χ3v) is 3.47. The molecule has 8 nitrogen and oxygen atoms in total. The quantitative estimate of drug-likeness (QED) is 0.752. The van der Waals surface area contributed by atoms with Crippen LogP contribution in [0.4, 0.5) is 0 Å². The third-order valence-electron chi connectivity index (χ3n) is 3.47. The molecule has 1 aliphatic rings. The Morgan fingerprint density at radius 2 is 2.10 bits per heavy atom. The predicted octanol–water partition coefficient (Wildman–Crippen LogP) is -0.634. The molecule has 0 aliphatic carbocycles. The second-order valence-electron chi connectivity index (χ2n) is 5.61. The van der Waals surface area contributed by atoms with Crippen molar-refractivity contribution in [1.29, 1.82) is 0 Å². The van der Waals surface area contributed by atoms with Gasteiger partial charge in [-0.3, -0.25) is 9.59 Å². The summed E-state index contributed by atoms with van der Waals surface area (Å²) in [6.45, 7) is 5.81. The molecule has 116 valence electrons. The number of carbonyl (C=O) groups excluding carboxylic acids is 2. The van der Waals surface area contributed by atoms with Crippen molar-refractivity contribution < 1.29 is 9.59 Å². The van der Waals surface area contributed by atoms with Gasteiger partial charge in [-0.25, -0.2) is 9.67 Å². The number of carbonyl (C=O) groups is 2. The highest BCUT2D eigenvalue weighted by molar-refractivity contribution is 5.88. The van der Waals surface area contributed by atoms with Crippen molar-refractivity contribution >= 4 is 11.8 Å². The molecule has 8 heteroatoms. The highest BCUT2D eigenvalue weighted by atomic mass is 16.2. The van der Waals surface area contributed by atoms with E-state index in [9.17, 15) is 9.59 Å². The van der Waals surface area contributed by atoms with E-state index in [1.807, 2.05) is 4.90 Å². The summed E-state index contributed by atoms with van der Waals surface area (Å²) in [7, 11) is 0. The molecule has 0 radical (unpaired) electrons. The highest BCUT2D eigenvalue weighted by Crippen LogP contribution is 2.11. The van der Waals surface area contributed by atoms with E-state index in [4.69, 9.17) is 5.73 Å². The predicted molar refractivity (Wildman–Crippen MR) is 76.4 cm³/mol. The van der Waals surface area contributed by atoms with Gasteiger partial charge in [0.25, 0.3) is 5.91 Å². The zero-order chi connectivity index (χ0) is 15.4. The van der Waals surface area contributed by atoms with Crippen LogP contribution in [0.2, 0.25) is 0 Å². The van der Waals surface area contributed by atoms with Gasteiger partial charge in [0, 0.05) is 25.2 Å². The van der Waals surface area contributed by atoms with Gasteiger partial charge in [0.15, 0.2) is 0 Å². The number of aromatic nitrogens is 3. The van der Waals surface area contributed by atoms with Crippen LogP contribution in [0.15, 0.2) is 6.33 Å².